The van der Waals surface area contributed by atoms with Crippen LogP contribution >= 0.6 is 0 Å². The van der Waals surface area contributed by atoms with Crippen LogP contribution in [0.5, 0.6) is 0 Å². The summed E-state index contributed by atoms with van der Waals surface area (Å²) in [5.74, 6) is 0. The summed E-state index contributed by atoms with van der Waals surface area (Å²) in [5.41, 5.74) is 1.43. The molecule has 3 rings (SSSR count). The monoisotopic (exact) mass is 316 g/mol. The highest BCUT2D eigenvalue weighted by atomic mass is 32.2. The van der Waals surface area contributed by atoms with Gasteiger partial charge in [0.1, 0.15) is 4.90 Å². The van der Waals surface area contributed by atoms with Gasteiger partial charge in [0.05, 0.1) is 18.0 Å². The van der Waals surface area contributed by atoms with E-state index in [0.717, 1.165) is 10.9 Å². The van der Waals surface area contributed by atoms with E-state index in [2.05, 4.69) is 9.71 Å². The molecule has 1 atom stereocenters. The van der Waals surface area contributed by atoms with E-state index in [0.29, 0.717) is 11.9 Å². The van der Waals surface area contributed by atoms with Crippen LogP contribution in [0.3, 0.4) is 0 Å². The van der Waals surface area contributed by atoms with Crippen LogP contribution in [0.15, 0.2) is 64.4 Å². The zero-order valence-corrected chi connectivity index (χ0v) is 12.9. The Labute approximate surface area is 129 Å². The molecule has 1 N–H and O–H groups in total. The van der Waals surface area contributed by atoms with Crippen molar-refractivity contribution in [2.45, 2.75) is 24.3 Å². The van der Waals surface area contributed by atoms with Crippen molar-refractivity contribution in [3.8, 4) is 0 Å². The lowest BCUT2D eigenvalue weighted by Gasteiger charge is -2.14. The smallest absolute Gasteiger partial charge is 0.242 e. The highest BCUT2D eigenvalue weighted by Crippen LogP contribution is 2.21. The summed E-state index contributed by atoms with van der Waals surface area (Å²) in [6.07, 6.45) is 5.35. The van der Waals surface area contributed by atoms with Crippen molar-refractivity contribution >= 4 is 20.9 Å². The number of nitrogens with one attached hydrogen (secondary N) is 1. The molecule has 0 saturated heterocycles. The van der Waals surface area contributed by atoms with E-state index >= 15 is 0 Å². The first-order valence-electron chi connectivity index (χ1n) is 6.93. The second-order valence-electron chi connectivity index (χ2n) is 5.19. The number of rotatable bonds is 5. The standard InChI is InChI=1S/C16H16N2O3S/c1-12(10-13-7-9-21-11-13)18-22(19,20)15-6-2-4-14-5-3-8-17-16(14)15/h2-9,11-12,18H,10H2,1H3. The predicted molar refractivity (Wildman–Crippen MR) is 83.9 cm³/mol. The molecule has 6 heteroatoms. The van der Waals surface area contributed by atoms with E-state index in [1.54, 1.807) is 36.9 Å². The van der Waals surface area contributed by atoms with Gasteiger partial charge in [-0.05, 0) is 37.1 Å². The molecular weight excluding hydrogens is 300 g/mol. The average Bonchev–Trinajstić information content (AvgIpc) is 2.98. The molecule has 0 spiro atoms. The summed E-state index contributed by atoms with van der Waals surface area (Å²) in [6, 6.07) is 10.3. The Balaban J connectivity index is 1.88. The Bertz CT molecular complexity index is 868. The fourth-order valence-electron chi connectivity index (χ4n) is 2.43. The van der Waals surface area contributed by atoms with Crippen molar-refractivity contribution in [1.82, 2.24) is 9.71 Å². The van der Waals surface area contributed by atoms with E-state index < -0.39 is 10.0 Å². The zero-order valence-electron chi connectivity index (χ0n) is 12.1. The van der Waals surface area contributed by atoms with Crippen molar-refractivity contribution in [3.63, 3.8) is 0 Å². The van der Waals surface area contributed by atoms with Crippen LogP contribution in [0.25, 0.3) is 10.9 Å². The number of benzene rings is 1. The van der Waals surface area contributed by atoms with Gasteiger partial charge in [-0.25, -0.2) is 13.1 Å². The minimum absolute atomic E-state index is 0.199. The number of hydrogen-bond acceptors (Lipinski definition) is 4. The topological polar surface area (TPSA) is 72.2 Å². The molecule has 0 aliphatic carbocycles. The SMILES string of the molecule is CC(Cc1ccoc1)NS(=O)(=O)c1cccc2cccnc12. The lowest BCUT2D eigenvalue weighted by Crippen LogP contribution is -2.34. The van der Waals surface area contributed by atoms with E-state index in [4.69, 9.17) is 4.42 Å². The van der Waals surface area contributed by atoms with Crippen molar-refractivity contribution in [2.75, 3.05) is 0 Å². The summed E-state index contributed by atoms with van der Waals surface area (Å²) >= 11 is 0. The Hall–Kier alpha value is -2.18. The third kappa shape index (κ3) is 3.03. The molecule has 0 amide bonds. The fraction of sp³-hybridized carbons (Fsp3) is 0.188. The third-order valence-corrected chi connectivity index (χ3v) is 4.98. The van der Waals surface area contributed by atoms with Gasteiger partial charge < -0.3 is 4.42 Å². The van der Waals surface area contributed by atoms with Crippen molar-refractivity contribution in [1.29, 1.82) is 0 Å². The van der Waals surface area contributed by atoms with Gasteiger partial charge in [0.15, 0.2) is 0 Å². The largest absolute Gasteiger partial charge is 0.472 e. The maximum Gasteiger partial charge on any atom is 0.242 e. The Morgan fingerprint density at radius 1 is 1.23 bits per heavy atom. The van der Waals surface area contributed by atoms with Gasteiger partial charge in [0.2, 0.25) is 10.0 Å². The summed E-state index contributed by atoms with van der Waals surface area (Å²) in [7, 11) is -3.63. The highest BCUT2D eigenvalue weighted by molar-refractivity contribution is 7.89. The molecule has 0 radical (unpaired) electrons. The summed E-state index contributed by atoms with van der Waals surface area (Å²) in [6.45, 7) is 1.82. The van der Waals surface area contributed by atoms with E-state index in [-0.39, 0.29) is 10.9 Å². The first-order chi connectivity index (χ1) is 10.6. The van der Waals surface area contributed by atoms with Crippen molar-refractivity contribution in [2.24, 2.45) is 0 Å². The number of furan rings is 1. The predicted octanol–water partition coefficient (Wildman–Crippen LogP) is 2.74. The molecule has 0 saturated carbocycles. The Morgan fingerprint density at radius 2 is 2.05 bits per heavy atom. The number of hydrogen-bond donors (Lipinski definition) is 1. The van der Waals surface area contributed by atoms with Crippen molar-refractivity contribution < 1.29 is 12.8 Å². The van der Waals surface area contributed by atoms with Crippen LogP contribution in [0.1, 0.15) is 12.5 Å². The van der Waals surface area contributed by atoms with Gasteiger partial charge >= 0.3 is 0 Å². The summed E-state index contributed by atoms with van der Waals surface area (Å²) in [5, 5.41) is 0.799. The van der Waals surface area contributed by atoms with Crippen LogP contribution in [0.4, 0.5) is 0 Å². The second kappa shape index (κ2) is 5.90. The lowest BCUT2D eigenvalue weighted by molar-refractivity contribution is 0.549. The number of sulfonamides is 1. The van der Waals surface area contributed by atoms with Crippen LogP contribution in [-0.4, -0.2) is 19.4 Å². The zero-order chi connectivity index (χ0) is 15.6. The number of pyridine rings is 1. The Kier molecular flexibility index (Phi) is 3.96. The minimum Gasteiger partial charge on any atom is -0.472 e. The molecule has 1 unspecified atom stereocenters. The van der Waals surface area contributed by atoms with Gasteiger partial charge in [-0.1, -0.05) is 18.2 Å². The van der Waals surface area contributed by atoms with Crippen LogP contribution in [0.2, 0.25) is 0 Å². The molecule has 3 aromatic rings. The molecule has 0 aliphatic heterocycles. The fourth-order valence-corrected chi connectivity index (χ4v) is 3.85. The summed E-state index contributed by atoms with van der Waals surface area (Å²) in [4.78, 5) is 4.40. The van der Waals surface area contributed by atoms with E-state index in [9.17, 15) is 8.42 Å². The molecule has 114 valence electrons. The van der Waals surface area contributed by atoms with Gasteiger partial charge in [0.25, 0.3) is 0 Å². The molecule has 22 heavy (non-hydrogen) atoms. The Morgan fingerprint density at radius 3 is 2.82 bits per heavy atom. The average molecular weight is 316 g/mol. The maximum absolute atomic E-state index is 12.6. The third-order valence-electron chi connectivity index (χ3n) is 3.36. The number of fused-ring (bicyclic) bond motifs is 1. The van der Waals surface area contributed by atoms with Crippen molar-refractivity contribution in [3.05, 3.63) is 60.7 Å². The van der Waals surface area contributed by atoms with Gasteiger partial charge in [-0.3, -0.25) is 4.98 Å². The van der Waals surface area contributed by atoms with Gasteiger partial charge in [0, 0.05) is 17.6 Å². The normalized spacial score (nSPS) is 13.3. The van der Waals surface area contributed by atoms with Crippen LogP contribution < -0.4 is 4.72 Å². The molecule has 0 fully saturated rings. The lowest BCUT2D eigenvalue weighted by atomic mass is 10.1. The molecule has 1 aromatic carbocycles. The molecule has 5 nitrogen and oxygen atoms in total. The number of nitrogens with zero attached hydrogens (tertiary/aromatic N) is 1. The first-order valence-corrected chi connectivity index (χ1v) is 8.42. The summed E-state index contributed by atoms with van der Waals surface area (Å²) < 4.78 is 32.9. The van der Waals surface area contributed by atoms with E-state index in [1.165, 1.54) is 0 Å². The number of aromatic nitrogens is 1. The highest BCUT2D eigenvalue weighted by Gasteiger charge is 2.20. The van der Waals surface area contributed by atoms with Gasteiger partial charge in [-0.15, -0.1) is 0 Å². The van der Waals surface area contributed by atoms with Gasteiger partial charge in [-0.2, -0.15) is 0 Å². The molecule has 0 bridgehead atoms. The molecule has 2 aromatic heterocycles. The number of para-hydroxylation sites is 1. The minimum atomic E-state index is -3.63. The second-order valence-corrected chi connectivity index (χ2v) is 6.87. The van der Waals surface area contributed by atoms with Crippen LogP contribution in [-0.2, 0) is 16.4 Å². The van der Waals surface area contributed by atoms with E-state index in [1.807, 2.05) is 25.1 Å². The first kappa shape index (κ1) is 14.7. The molecule has 2 heterocycles. The molecular formula is C16H16N2O3S. The van der Waals surface area contributed by atoms with Crippen LogP contribution in [0, 0.1) is 0 Å². The quantitative estimate of drug-likeness (QED) is 0.785. The molecule has 0 aliphatic rings. The maximum atomic E-state index is 12.6.